The topological polar surface area (TPSA) is 116 Å². The summed E-state index contributed by atoms with van der Waals surface area (Å²) in [6.07, 6.45) is -5.50. The third kappa shape index (κ3) is 6.56. The molecule has 4 rings (SSSR count). The van der Waals surface area contributed by atoms with Gasteiger partial charge in [-0.3, -0.25) is 9.82 Å². The average Bonchev–Trinajstić information content (AvgIpc) is 3.28. The number of nitrogens with zero attached hydrogens (tertiary/aromatic N) is 1. The molecule has 0 unspecified atom stereocenters. The number of sulfonamides is 1. The number of fused-ring (bicyclic) bond motifs is 1. The maximum atomic E-state index is 13.1. The number of rotatable bonds is 10. The van der Waals surface area contributed by atoms with Gasteiger partial charge < -0.3 is 15.2 Å². The number of aromatic amines is 1. The number of aliphatic hydroxyl groups is 1. The second kappa shape index (κ2) is 10.7. The average molecular weight is 539 g/mol. The number of aromatic nitrogens is 2. The summed E-state index contributed by atoms with van der Waals surface area (Å²) in [6.45, 7) is 0.623. The first-order valence-corrected chi connectivity index (χ1v) is 12.5. The Morgan fingerprint density at radius 1 is 1.05 bits per heavy atom. The molecular formula is C24H22F4N4O4S. The molecule has 1 heterocycles. The number of benzene rings is 3. The van der Waals surface area contributed by atoms with Crippen LogP contribution in [0.3, 0.4) is 0 Å². The lowest BCUT2D eigenvalue weighted by Gasteiger charge is -2.15. The zero-order valence-corrected chi connectivity index (χ0v) is 19.9. The Balaban J connectivity index is 1.27. The van der Waals surface area contributed by atoms with Crippen LogP contribution in [-0.4, -0.2) is 43.4 Å². The molecule has 1 aromatic heterocycles. The van der Waals surface area contributed by atoms with Gasteiger partial charge >= 0.3 is 6.18 Å². The van der Waals surface area contributed by atoms with E-state index in [1.54, 1.807) is 12.1 Å². The molecule has 0 radical (unpaired) electrons. The summed E-state index contributed by atoms with van der Waals surface area (Å²) in [5, 5.41) is 19.1. The number of anilines is 1. The summed E-state index contributed by atoms with van der Waals surface area (Å²) >= 11 is 0. The Hall–Kier alpha value is -3.68. The molecule has 0 saturated heterocycles. The van der Waals surface area contributed by atoms with Gasteiger partial charge in [-0.05, 0) is 54.1 Å². The predicted octanol–water partition coefficient (Wildman–Crippen LogP) is 4.22. The minimum Gasteiger partial charge on any atom is -0.492 e. The summed E-state index contributed by atoms with van der Waals surface area (Å²) in [7, 11) is -3.94. The van der Waals surface area contributed by atoms with E-state index in [1.807, 2.05) is 5.10 Å². The van der Waals surface area contributed by atoms with Crippen molar-refractivity contribution in [3.05, 3.63) is 83.8 Å². The van der Waals surface area contributed by atoms with Gasteiger partial charge in [-0.2, -0.15) is 18.3 Å². The van der Waals surface area contributed by atoms with Crippen molar-refractivity contribution in [2.75, 3.05) is 24.4 Å². The van der Waals surface area contributed by atoms with Crippen LogP contribution in [0.1, 0.15) is 17.4 Å². The Morgan fingerprint density at radius 2 is 1.81 bits per heavy atom. The molecule has 37 heavy (non-hydrogen) atoms. The maximum Gasteiger partial charge on any atom is 0.433 e. The second-order valence-corrected chi connectivity index (χ2v) is 9.71. The predicted molar refractivity (Wildman–Crippen MR) is 128 cm³/mol. The highest BCUT2D eigenvalue weighted by molar-refractivity contribution is 7.92. The van der Waals surface area contributed by atoms with E-state index in [2.05, 4.69) is 15.1 Å². The summed E-state index contributed by atoms with van der Waals surface area (Å²) in [4.78, 5) is -0.103. The first kappa shape index (κ1) is 26.4. The van der Waals surface area contributed by atoms with Gasteiger partial charge in [0.05, 0.1) is 16.5 Å². The Labute approximate surface area is 209 Å². The molecule has 0 amide bonds. The molecule has 4 N–H and O–H groups in total. The number of halogens is 4. The molecule has 0 bridgehead atoms. The number of aliphatic hydroxyl groups excluding tert-OH is 1. The molecule has 0 aliphatic rings. The molecule has 196 valence electrons. The lowest BCUT2D eigenvalue weighted by Crippen LogP contribution is -2.26. The van der Waals surface area contributed by atoms with E-state index >= 15 is 0 Å². The van der Waals surface area contributed by atoms with Gasteiger partial charge in [-0.15, -0.1) is 0 Å². The van der Waals surface area contributed by atoms with Crippen molar-refractivity contribution in [2.45, 2.75) is 17.2 Å². The summed E-state index contributed by atoms with van der Waals surface area (Å²) < 4.78 is 84.8. The van der Waals surface area contributed by atoms with Crippen LogP contribution in [0.5, 0.6) is 5.75 Å². The quantitative estimate of drug-likeness (QED) is 0.178. The van der Waals surface area contributed by atoms with Crippen LogP contribution in [-0.2, 0) is 16.2 Å². The monoisotopic (exact) mass is 538 g/mol. The smallest absolute Gasteiger partial charge is 0.433 e. The number of hydrogen-bond donors (Lipinski definition) is 4. The molecule has 0 saturated carbocycles. The van der Waals surface area contributed by atoms with Crippen molar-refractivity contribution in [3.8, 4) is 5.75 Å². The van der Waals surface area contributed by atoms with Crippen molar-refractivity contribution in [1.82, 2.24) is 15.5 Å². The molecule has 8 nitrogen and oxygen atoms in total. The number of hydrogen-bond acceptors (Lipinski definition) is 6. The highest BCUT2D eigenvalue weighted by Crippen LogP contribution is 2.34. The normalized spacial score (nSPS) is 13.0. The van der Waals surface area contributed by atoms with Gasteiger partial charge in [0.25, 0.3) is 10.0 Å². The minimum atomic E-state index is -4.53. The lowest BCUT2D eigenvalue weighted by molar-refractivity contribution is -0.139. The van der Waals surface area contributed by atoms with Crippen LogP contribution >= 0.6 is 0 Å². The van der Waals surface area contributed by atoms with Gasteiger partial charge in [0, 0.05) is 30.2 Å². The Bertz CT molecular complexity index is 1470. The largest absolute Gasteiger partial charge is 0.492 e. The van der Waals surface area contributed by atoms with Gasteiger partial charge in [0.15, 0.2) is 0 Å². The number of alkyl halides is 3. The van der Waals surface area contributed by atoms with Crippen LogP contribution in [0.15, 0.2) is 71.6 Å². The zero-order chi connectivity index (χ0) is 26.6. The number of nitrogens with one attached hydrogen (secondary N) is 3. The van der Waals surface area contributed by atoms with Crippen molar-refractivity contribution < 1.29 is 35.8 Å². The van der Waals surface area contributed by atoms with Crippen molar-refractivity contribution in [3.63, 3.8) is 0 Å². The SMILES string of the molecule is O=S(=O)(Nc1cccc([C@@H](O)CNCCOc2ccc3c(C(F)(F)F)[nH]nc3c2)c1)c1ccc(F)cc1. The van der Waals surface area contributed by atoms with E-state index in [1.165, 1.54) is 30.3 Å². The van der Waals surface area contributed by atoms with Crippen LogP contribution in [0, 0.1) is 5.82 Å². The summed E-state index contributed by atoms with van der Waals surface area (Å²) in [6, 6.07) is 14.7. The van der Waals surface area contributed by atoms with Crippen LogP contribution in [0.2, 0.25) is 0 Å². The highest BCUT2D eigenvalue weighted by Gasteiger charge is 2.35. The summed E-state index contributed by atoms with van der Waals surface area (Å²) in [5.74, 6) is -0.212. The van der Waals surface area contributed by atoms with Crippen LogP contribution in [0.4, 0.5) is 23.2 Å². The molecular weight excluding hydrogens is 516 g/mol. The molecule has 1 atom stereocenters. The van der Waals surface area contributed by atoms with Crippen molar-refractivity contribution >= 4 is 26.6 Å². The van der Waals surface area contributed by atoms with E-state index in [-0.39, 0.29) is 34.6 Å². The maximum absolute atomic E-state index is 13.1. The first-order valence-electron chi connectivity index (χ1n) is 11.0. The lowest BCUT2D eigenvalue weighted by atomic mass is 10.1. The fourth-order valence-electron chi connectivity index (χ4n) is 3.53. The fraction of sp³-hybridized carbons (Fsp3) is 0.208. The number of H-pyrrole nitrogens is 1. The highest BCUT2D eigenvalue weighted by atomic mass is 32.2. The van der Waals surface area contributed by atoms with Crippen LogP contribution < -0.4 is 14.8 Å². The van der Waals surface area contributed by atoms with Gasteiger partial charge in [0.1, 0.15) is 23.9 Å². The second-order valence-electron chi connectivity index (χ2n) is 8.03. The first-order chi connectivity index (χ1) is 17.5. The van der Waals surface area contributed by atoms with Crippen molar-refractivity contribution in [1.29, 1.82) is 0 Å². The number of ether oxygens (including phenoxy) is 1. The van der Waals surface area contributed by atoms with Crippen molar-refractivity contribution in [2.24, 2.45) is 0 Å². The van der Waals surface area contributed by atoms with E-state index < -0.39 is 33.8 Å². The molecule has 0 fully saturated rings. The summed E-state index contributed by atoms with van der Waals surface area (Å²) in [5.41, 5.74) is -0.107. The zero-order valence-electron chi connectivity index (χ0n) is 19.1. The molecule has 0 aliphatic heterocycles. The molecule has 0 spiro atoms. The standard InChI is InChI=1S/C24H22F4N4O4S/c25-16-4-7-19(8-5-16)37(34,35)32-17-3-1-2-15(12-17)22(33)14-29-10-11-36-18-6-9-20-21(13-18)30-31-23(20)24(26,27)28/h1-9,12-13,22,29,32-33H,10-11,14H2,(H,30,31)/t22-/m0/s1. The van der Waals surface area contributed by atoms with Gasteiger partial charge in [0.2, 0.25) is 0 Å². The molecule has 3 aromatic carbocycles. The Kier molecular flexibility index (Phi) is 7.66. The van der Waals surface area contributed by atoms with E-state index in [0.717, 1.165) is 24.3 Å². The van der Waals surface area contributed by atoms with E-state index in [4.69, 9.17) is 4.74 Å². The van der Waals surface area contributed by atoms with Gasteiger partial charge in [-0.25, -0.2) is 12.8 Å². The molecule has 13 heteroatoms. The third-order valence-electron chi connectivity index (χ3n) is 5.34. The minimum absolute atomic E-state index is 0.0525. The van der Waals surface area contributed by atoms with E-state index in [9.17, 15) is 31.1 Å². The Morgan fingerprint density at radius 3 is 2.54 bits per heavy atom. The fourth-order valence-corrected chi connectivity index (χ4v) is 4.58. The molecule has 4 aromatic rings. The van der Waals surface area contributed by atoms with E-state index in [0.29, 0.717) is 17.9 Å². The third-order valence-corrected chi connectivity index (χ3v) is 6.74. The van der Waals surface area contributed by atoms with Gasteiger partial charge in [-0.1, -0.05) is 12.1 Å². The molecule has 0 aliphatic carbocycles. The van der Waals surface area contributed by atoms with Crippen LogP contribution in [0.25, 0.3) is 10.9 Å².